The van der Waals surface area contributed by atoms with Crippen LogP contribution in [0.1, 0.15) is 43.6 Å². The highest BCUT2D eigenvalue weighted by Crippen LogP contribution is 2.33. The van der Waals surface area contributed by atoms with Crippen LogP contribution in [0.2, 0.25) is 0 Å². The fourth-order valence-corrected chi connectivity index (χ4v) is 3.38. The second-order valence-corrected chi connectivity index (χ2v) is 6.35. The molecule has 1 aliphatic heterocycles. The SMILES string of the molecule is CCc1nn(C)cc1Cn1cncc1C1(C)CCNCC1. The molecule has 3 rings (SSSR count). The fourth-order valence-electron chi connectivity index (χ4n) is 3.38. The normalized spacial score (nSPS) is 18.0. The molecule has 0 radical (unpaired) electrons. The molecule has 0 saturated carbocycles. The van der Waals surface area contributed by atoms with Gasteiger partial charge in [-0.1, -0.05) is 13.8 Å². The number of hydrogen-bond acceptors (Lipinski definition) is 3. The highest BCUT2D eigenvalue weighted by molar-refractivity contribution is 5.21. The molecule has 1 saturated heterocycles. The molecule has 2 aromatic heterocycles. The van der Waals surface area contributed by atoms with Crippen molar-refractivity contribution >= 4 is 0 Å². The number of imidazole rings is 1. The predicted molar refractivity (Wildman–Crippen MR) is 83.4 cm³/mol. The van der Waals surface area contributed by atoms with Crippen LogP contribution in [0.25, 0.3) is 0 Å². The molecule has 0 atom stereocenters. The first-order chi connectivity index (χ1) is 10.1. The van der Waals surface area contributed by atoms with E-state index in [1.165, 1.54) is 29.8 Å². The number of aryl methyl sites for hydroxylation is 2. The van der Waals surface area contributed by atoms with Gasteiger partial charge in [0.25, 0.3) is 0 Å². The van der Waals surface area contributed by atoms with Crippen LogP contribution in [0.4, 0.5) is 0 Å². The summed E-state index contributed by atoms with van der Waals surface area (Å²) in [4.78, 5) is 4.42. The lowest BCUT2D eigenvalue weighted by atomic mass is 9.78. The molecule has 0 amide bonds. The van der Waals surface area contributed by atoms with E-state index in [0.29, 0.717) is 0 Å². The van der Waals surface area contributed by atoms with Crippen LogP contribution in [0.3, 0.4) is 0 Å². The average Bonchev–Trinajstić information content (AvgIpc) is 3.07. The molecule has 5 nitrogen and oxygen atoms in total. The van der Waals surface area contributed by atoms with Crippen LogP contribution >= 0.6 is 0 Å². The van der Waals surface area contributed by atoms with Gasteiger partial charge in [0.05, 0.1) is 18.6 Å². The van der Waals surface area contributed by atoms with E-state index >= 15 is 0 Å². The molecule has 0 bridgehead atoms. The maximum atomic E-state index is 4.54. The lowest BCUT2D eigenvalue weighted by Gasteiger charge is -2.34. The van der Waals surface area contributed by atoms with Gasteiger partial charge in [-0.05, 0) is 32.4 Å². The van der Waals surface area contributed by atoms with Crippen LogP contribution < -0.4 is 5.32 Å². The molecule has 3 heterocycles. The van der Waals surface area contributed by atoms with Gasteiger partial charge in [0.1, 0.15) is 0 Å². The van der Waals surface area contributed by atoms with E-state index in [1.54, 1.807) is 0 Å². The van der Waals surface area contributed by atoms with Gasteiger partial charge in [0, 0.05) is 36.1 Å². The molecule has 1 aliphatic rings. The number of aromatic nitrogens is 4. The van der Waals surface area contributed by atoms with Crippen molar-refractivity contribution in [1.29, 1.82) is 0 Å². The number of hydrogen-bond donors (Lipinski definition) is 1. The van der Waals surface area contributed by atoms with Gasteiger partial charge in [-0.25, -0.2) is 4.98 Å². The van der Waals surface area contributed by atoms with E-state index in [0.717, 1.165) is 26.1 Å². The fraction of sp³-hybridized carbons (Fsp3) is 0.625. The van der Waals surface area contributed by atoms with E-state index in [-0.39, 0.29) is 5.41 Å². The second-order valence-electron chi connectivity index (χ2n) is 6.35. The number of nitrogens with one attached hydrogen (secondary N) is 1. The van der Waals surface area contributed by atoms with Crippen LogP contribution in [0.15, 0.2) is 18.7 Å². The van der Waals surface area contributed by atoms with Gasteiger partial charge in [-0.3, -0.25) is 4.68 Å². The van der Waals surface area contributed by atoms with Gasteiger partial charge in [0.2, 0.25) is 0 Å². The van der Waals surface area contributed by atoms with Gasteiger partial charge in [-0.15, -0.1) is 0 Å². The first-order valence-corrected chi connectivity index (χ1v) is 7.85. The number of nitrogens with zero attached hydrogens (tertiary/aromatic N) is 4. The zero-order valence-electron chi connectivity index (χ0n) is 13.3. The molecule has 114 valence electrons. The Morgan fingerprint density at radius 1 is 1.33 bits per heavy atom. The van der Waals surface area contributed by atoms with Crippen molar-refractivity contribution in [2.24, 2.45) is 7.05 Å². The molecule has 5 heteroatoms. The van der Waals surface area contributed by atoms with E-state index in [1.807, 2.05) is 24.3 Å². The third-order valence-corrected chi connectivity index (χ3v) is 4.71. The molecule has 0 aliphatic carbocycles. The Bertz CT molecular complexity index is 604. The topological polar surface area (TPSA) is 47.7 Å². The summed E-state index contributed by atoms with van der Waals surface area (Å²) in [6, 6.07) is 0. The third-order valence-electron chi connectivity index (χ3n) is 4.71. The van der Waals surface area contributed by atoms with Crippen LogP contribution in [-0.2, 0) is 25.4 Å². The minimum atomic E-state index is 0.232. The highest BCUT2D eigenvalue weighted by atomic mass is 15.3. The van der Waals surface area contributed by atoms with Crippen LogP contribution in [-0.4, -0.2) is 32.4 Å². The summed E-state index contributed by atoms with van der Waals surface area (Å²) in [6.07, 6.45) is 9.47. The molecular formula is C16H25N5. The van der Waals surface area contributed by atoms with Crippen molar-refractivity contribution < 1.29 is 0 Å². The van der Waals surface area contributed by atoms with Gasteiger partial charge in [-0.2, -0.15) is 5.10 Å². The summed E-state index contributed by atoms with van der Waals surface area (Å²) in [6.45, 7) is 7.58. The Balaban J connectivity index is 1.88. The summed E-state index contributed by atoms with van der Waals surface area (Å²) < 4.78 is 4.22. The predicted octanol–water partition coefficient (Wildman–Crippen LogP) is 1.87. The zero-order valence-corrected chi connectivity index (χ0v) is 13.3. The maximum Gasteiger partial charge on any atom is 0.0951 e. The van der Waals surface area contributed by atoms with Crippen molar-refractivity contribution in [3.05, 3.63) is 35.7 Å². The van der Waals surface area contributed by atoms with Crippen molar-refractivity contribution in [2.75, 3.05) is 13.1 Å². The Morgan fingerprint density at radius 2 is 2.10 bits per heavy atom. The number of rotatable bonds is 4. The highest BCUT2D eigenvalue weighted by Gasteiger charge is 2.31. The smallest absolute Gasteiger partial charge is 0.0951 e. The molecule has 1 fully saturated rings. The van der Waals surface area contributed by atoms with Crippen molar-refractivity contribution in [2.45, 2.75) is 45.1 Å². The van der Waals surface area contributed by atoms with Crippen molar-refractivity contribution in [3.8, 4) is 0 Å². The second kappa shape index (κ2) is 5.64. The summed E-state index contributed by atoms with van der Waals surface area (Å²) in [5, 5.41) is 7.99. The zero-order chi connectivity index (χ0) is 14.9. The monoisotopic (exact) mass is 287 g/mol. The molecule has 0 aromatic carbocycles. The molecule has 0 unspecified atom stereocenters. The molecule has 1 N–H and O–H groups in total. The average molecular weight is 287 g/mol. The van der Waals surface area contributed by atoms with Crippen LogP contribution in [0.5, 0.6) is 0 Å². The first kappa shape index (κ1) is 14.3. The largest absolute Gasteiger partial charge is 0.329 e. The summed E-state index contributed by atoms with van der Waals surface area (Å²) in [7, 11) is 1.99. The lowest BCUT2D eigenvalue weighted by molar-refractivity contribution is 0.318. The van der Waals surface area contributed by atoms with E-state index in [2.05, 4.69) is 40.0 Å². The first-order valence-electron chi connectivity index (χ1n) is 7.85. The third kappa shape index (κ3) is 2.75. The Kier molecular flexibility index (Phi) is 3.85. The molecule has 0 spiro atoms. The summed E-state index contributed by atoms with van der Waals surface area (Å²) >= 11 is 0. The van der Waals surface area contributed by atoms with E-state index in [4.69, 9.17) is 0 Å². The van der Waals surface area contributed by atoms with Crippen molar-refractivity contribution in [3.63, 3.8) is 0 Å². The summed E-state index contributed by atoms with van der Waals surface area (Å²) in [5.74, 6) is 0. The minimum absolute atomic E-state index is 0.232. The molecule has 2 aromatic rings. The van der Waals surface area contributed by atoms with Crippen LogP contribution in [0, 0.1) is 0 Å². The van der Waals surface area contributed by atoms with E-state index in [9.17, 15) is 0 Å². The number of piperidine rings is 1. The minimum Gasteiger partial charge on any atom is -0.329 e. The lowest BCUT2D eigenvalue weighted by Crippen LogP contribution is -2.39. The Hall–Kier alpha value is -1.62. The van der Waals surface area contributed by atoms with E-state index < -0.39 is 0 Å². The van der Waals surface area contributed by atoms with Crippen molar-refractivity contribution in [1.82, 2.24) is 24.6 Å². The summed E-state index contributed by atoms with van der Waals surface area (Å²) in [5.41, 5.74) is 4.08. The van der Waals surface area contributed by atoms with Gasteiger partial charge >= 0.3 is 0 Å². The molecule has 21 heavy (non-hydrogen) atoms. The maximum absolute atomic E-state index is 4.54. The van der Waals surface area contributed by atoms with Gasteiger partial charge < -0.3 is 9.88 Å². The Morgan fingerprint density at radius 3 is 2.81 bits per heavy atom. The molecular weight excluding hydrogens is 262 g/mol. The standard InChI is InChI=1S/C16H25N5/c1-4-14-13(10-20(3)19-14)11-21-12-18-9-15(21)16(2)5-7-17-8-6-16/h9-10,12,17H,4-8,11H2,1-3H3. The Labute approximate surface area is 126 Å². The van der Waals surface area contributed by atoms with Gasteiger partial charge in [0.15, 0.2) is 0 Å². The quantitative estimate of drug-likeness (QED) is 0.934.